The van der Waals surface area contributed by atoms with Crippen LogP contribution in [0.5, 0.6) is 5.75 Å². The van der Waals surface area contributed by atoms with Gasteiger partial charge in [0.1, 0.15) is 18.2 Å². The van der Waals surface area contributed by atoms with Gasteiger partial charge in [-0.25, -0.2) is 4.39 Å². The minimum atomic E-state index is -0.281. The SMILES string of the molecule is O=C1CSC(=NN=Cc2cc(Br)ccc2OCc2ccc(F)cc2)N1. The van der Waals surface area contributed by atoms with Crippen LogP contribution in [-0.4, -0.2) is 23.0 Å². The Bertz CT molecular complexity index is 840. The highest BCUT2D eigenvalue weighted by Crippen LogP contribution is 2.23. The van der Waals surface area contributed by atoms with E-state index < -0.39 is 0 Å². The largest absolute Gasteiger partial charge is 0.488 e. The number of amidine groups is 1. The van der Waals surface area contributed by atoms with Gasteiger partial charge in [-0.1, -0.05) is 39.8 Å². The van der Waals surface area contributed by atoms with Crippen molar-refractivity contribution in [3.05, 3.63) is 63.9 Å². The predicted octanol–water partition coefficient (Wildman–Crippen LogP) is 3.72. The number of benzene rings is 2. The third kappa shape index (κ3) is 5.14. The number of hydrogen-bond acceptors (Lipinski definition) is 5. The van der Waals surface area contributed by atoms with Crippen molar-refractivity contribution in [1.29, 1.82) is 0 Å². The molecule has 8 heteroatoms. The Morgan fingerprint density at radius 3 is 2.80 bits per heavy atom. The van der Waals surface area contributed by atoms with Gasteiger partial charge in [0.15, 0.2) is 5.17 Å². The predicted molar refractivity (Wildman–Crippen MR) is 101 cm³/mol. The monoisotopic (exact) mass is 421 g/mol. The Balaban J connectivity index is 1.71. The van der Waals surface area contributed by atoms with Gasteiger partial charge >= 0.3 is 0 Å². The zero-order valence-corrected chi connectivity index (χ0v) is 15.3. The summed E-state index contributed by atoms with van der Waals surface area (Å²) in [6.45, 7) is 0.309. The third-order valence-corrected chi connectivity index (χ3v) is 4.57. The van der Waals surface area contributed by atoms with Crippen LogP contribution in [0.25, 0.3) is 0 Å². The number of ether oxygens (including phenoxy) is 1. The number of nitrogens with zero attached hydrogens (tertiary/aromatic N) is 2. The molecule has 0 unspecified atom stereocenters. The first-order valence-corrected chi connectivity index (χ1v) is 9.08. The molecule has 25 heavy (non-hydrogen) atoms. The molecule has 1 aliphatic rings. The average molecular weight is 422 g/mol. The van der Waals surface area contributed by atoms with Crippen LogP contribution in [0.3, 0.4) is 0 Å². The van der Waals surface area contributed by atoms with E-state index in [0.717, 1.165) is 15.6 Å². The van der Waals surface area contributed by atoms with Crippen LogP contribution in [0.4, 0.5) is 4.39 Å². The highest BCUT2D eigenvalue weighted by Gasteiger charge is 2.16. The molecule has 0 aromatic heterocycles. The first-order chi connectivity index (χ1) is 12.1. The number of thioether (sulfide) groups is 1. The van der Waals surface area contributed by atoms with E-state index in [1.165, 1.54) is 23.9 Å². The Morgan fingerprint density at radius 1 is 1.28 bits per heavy atom. The highest BCUT2D eigenvalue weighted by molar-refractivity contribution is 9.10. The lowest BCUT2D eigenvalue weighted by Crippen LogP contribution is -2.19. The van der Waals surface area contributed by atoms with Gasteiger partial charge in [-0.2, -0.15) is 5.10 Å². The van der Waals surface area contributed by atoms with Crippen LogP contribution in [0.15, 0.2) is 57.1 Å². The van der Waals surface area contributed by atoms with E-state index >= 15 is 0 Å². The second kappa shape index (κ2) is 8.26. The fourth-order valence-electron chi connectivity index (χ4n) is 2.02. The molecular formula is C17H13BrFN3O2S. The van der Waals surface area contributed by atoms with Crippen molar-refractivity contribution in [2.45, 2.75) is 6.61 Å². The van der Waals surface area contributed by atoms with Gasteiger partial charge in [-0.15, -0.1) is 5.10 Å². The van der Waals surface area contributed by atoms with Crippen molar-refractivity contribution in [1.82, 2.24) is 5.32 Å². The summed E-state index contributed by atoms with van der Waals surface area (Å²) in [5, 5.41) is 11.1. The van der Waals surface area contributed by atoms with Crippen LogP contribution in [0, 0.1) is 5.82 Å². The molecule has 1 saturated heterocycles. The number of hydrogen-bond donors (Lipinski definition) is 1. The van der Waals surface area contributed by atoms with Crippen molar-refractivity contribution in [2.24, 2.45) is 10.2 Å². The Kier molecular flexibility index (Phi) is 5.83. The zero-order chi connectivity index (χ0) is 17.6. The number of rotatable bonds is 5. The van der Waals surface area contributed by atoms with Gasteiger partial charge in [-0.05, 0) is 35.9 Å². The van der Waals surface area contributed by atoms with Crippen LogP contribution in [-0.2, 0) is 11.4 Å². The summed E-state index contributed by atoms with van der Waals surface area (Å²) < 4.78 is 19.6. The second-order valence-corrected chi connectivity index (χ2v) is 6.96. The smallest absolute Gasteiger partial charge is 0.236 e. The van der Waals surface area contributed by atoms with E-state index in [1.54, 1.807) is 18.3 Å². The number of halogens is 2. The molecule has 3 rings (SSSR count). The number of carbonyl (C=O) groups excluding carboxylic acids is 1. The standard InChI is InChI=1S/C17H13BrFN3O2S/c18-13-3-6-15(24-9-11-1-4-14(19)5-2-11)12(7-13)8-20-22-17-21-16(23)10-25-17/h1-8H,9-10H2,(H,21,22,23). The zero-order valence-electron chi connectivity index (χ0n) is 12.9. The Hall–Kier alpha value is -2.19. The summed E-state index contributed by atoms with van der Waals surface area (Å²) in [7, 11) is 0. The van der Waals surface area contributed by atoms with E-state index in [4.69, 9.17) is 4.74 Å². The fraction of sp³-hybridized carbons (Fsp3) is 0.118. The van der Waals surface area contributed by atoms with Gasteiger partial charge in [0.2, 0.25) is 5.91 Å². The quantitative estimate of drug-likeness (QED) is 0.590. The molecule has 1 fully saturated rings. The van der Waals surface area contributed by atoms with Crippen molar-refractivity contribution in [3.63, 3.8) is 0 Å². The van der Waals surface area contributed by atoms with Gasteiger partial charge in [0.05, 0.1) is 12.0 Å². The molecular weight excluding hydrogens is 409 g/mol. The molecule has 1 N–H and O–H groups in total. The summed E-state index contributed by atoms with van der Waals surface area (Å²) in [5.41, 5.74) is 1.59. The summed E-state index contributed by atoms with van der Waals surface area (Å²) in [5.74, 6) is 0.623. The lowest BCUT2D eigenvalue weighted by Gasteiger charge is -2.09. The molecule has 128 valence electrons. The van der Waals surface area contributed by atoms with Gasteiger partial charge in [0, 0.05) is 10.0 Å². The van der Waals surface area contributed by atoms with Crippen molar-refractivity contribution < 1.29 is 13.9 Å². The summed E-state index contributed by atoms with van der Waals surface area (Å²) in [6.07, 6.45) is 1.56. The summed E-state index contributed by atoms with van der Waals surface area (Å²) >= 11 is 4.72. The van der Waals surface area contributed by atoms with Crippen molar-refractivity contribution >= 4 is 45.0 Å². The molecule has 0 bridgehead atoms. The van der Waals surface area contributed by atoms with Crippen LogP contribution in [0.2, 0.25) is 0 Å². The average Bonchev–Trinajstić information content (AvgIpc) is 3.01. The van der Waals surface area contributed by atoms with E-state index in [0.29, 0.717) is 23.3 Å². The molecule has 0 radical (unpaired) electrons. The maximum absolute atomic E-state index is 12.9. The molecule has 0 saturated carbocycles. The maximum atomic E-state index is 12.9. The van der Waals surface area contributed by atoms with Gasteiger partial charge in [0.25, 0.3) is 0 Å². The Labute approximate surface area is 156 Å². The number of carbonyl (C=O) groups is 1. The lowest BCUT2D eigenvalue weighted by atomic mass is 10.2. The van der Waals surface area contributed by atoms with E-state index in [9.17, 15) is 9.18 Å². The Morgan fingerprint density at radius 2 is 2.08 bits per heavy atom. The minimum absolute atomic E-state index is 0.0790. The number of amides is 1. The summed E-state index contributed by atoms with van der Waals surface area (Å²) in [6, 6.07) is 11.7. The van der Waals surface area contributed by atoms with E-state index in [2.05, 4.69) is 31.4 Å². The normalized spacial score (nSPS) is 15.8. The maximum Gasteiger partial charge on any atom is 0.236 e. The van der Waals surface area contributed by atoms with Gasteiger partial charge < -0.3 is 10.1 Å². The molecule has 1 amide bonds. The first-order valence-electron chi connectivity index (χ1n) is 7.30. The van der Waals surface area contributed by atoms with Crippen LogP contribution < -0.4 is 10.1 Å². The molecule has 1 heterocycles. The lowest BCUT2D eigenvalue weighted by molar-refractivity contribution is -0.116. The molecule has 0 aliphatic carbocycles. The first kappa shape index (κ1) is 17.6. The van der Waals surface area contributed by atoms with Crippen LogP contribution in [0.1, 0.15) is 11.1 Å². The molecule has 0 spiro atoms. The molecule has 0 atom stereocenters. The van der Waals surface area contributed by atoms with Gasteiger partial charge in [-0.3, -0.25) is 4.79 Å². The minimum Gasteiger partial charge on any atom is -0.488 e. The number of nitrogens with one attached hydrogen (secondary N) is 1. The van der Waals surface area contributed by atoms with E-state index in [1.807, 2.05) is 18.2 Å². The second-order valence-electron chi connectivity index (χ2n) is 5.08. The molecule has 2 aromatic carbocycles. The third-order valence-electron chi connectivity index (χ3n) is 3.21. The van der Waals surface area contributed by atoms with Crippen molar-refractivity contribution in [2.75, 3.05) is 5.75 Å². The fourth-order valence-corrected chi connectivity index (χ4v) is 3.03. The highest BCUT2D eigenvalue weighted by atomic mass is 79.9. The summed E-state index contributed by atoms with van der Waals surface area (Å²) in [4.78, 5) is 11.1. The van der Waals surface area contributed by atoms with Crippen LogP contribution >= 0.6 is 27.7 Å². The van der Waals surface area contributed by atoms with Crippen molar-refractivity contribution in [3.8, 4) is 5.75 Å². The molecule has 2 aromatic rings. The topological polar surface area (TPSA) is 63.0 Å². The van der Waals surface area contributed by atoms with E-state index in [-0.39, 0.29) is 11.7 Å². The molecule has 1 aliphatic heterocycles. The molecule has 5 nitrogen and oxygen atoms in total.